The molecule has 3 nitrogen and oxygen atoms in total. The average molecular weight is 469 g/mol. The number of carbonyl (C=O) groups excluding carboxylic acids is 1. The van der Waals surface area contributed by atoms with Gasteiger partial charge in [0, 0.05) is 20.3 Å². The van der Waals surface area contributed by atoms with E-state index in [1.807, 2.05) is 25.1 Å². The monoisotopic (exact) mass is 468 g/mol. The van der Waals surface area contributed by atoms with Crippen molar-refractivity contribution in [3.05, 3.63) is 50.8 Å². The summed E-state index contributed by atoms with van der Waals surface area (Å²) in [7, 11) is 0. The lowest BCUT2D eigenvalue weighted by molar-refractivity contribution is 0.0715. The number of fused-ring (bicyclic) bond motifs is 4. The zero-order valence-electron chi connectivity index (χ0n) is 16.8. The lowest BCUT2D eigenvalue weighted by Crippen LogP contribution is -2.53. The number of pyridine rings is 1. The van der Waals surface area contributed by atoms with Gasteiger partial charge < -0.3 is 5.32 Å². The molecule has 0 unspecified atom stereocenters. The van der Waals surface area contributed by atoms with Crippen LogP contribution in [0.3, 0.4) is 0 Å². The van der Waals surface area contributed by atoms with Gasteiger partial charge in [0.25, 0.3) is 5.91 Å². The lowest BCUT2D eigenvalue weighted by Gasteiger charge is -2.47. The van der Waals surface area contributed by atoms with E-state index in [0.717, 1.165) is 62.3 Å². The number of thiophene rings is 1. The number of benzene rings is 1. The van der Waals surface area contributed by atoms with Gasteiger partial charge in [0.05, 0.1) is 21.7 Å². The fourth-order valence-corrected chi connectivity index (χ4v) is 6.44. The minimum Gasteiger partial charge on any atom is -0.347 e. The van der Waals surface area contributed by atoms with E-state index in [0.29, 0.717) is 0 Å². The molecule has 3 aliphatic rings. The van der Waals surface area contributed by atoms with Crippen LogP contribution < -0.4 is 5.32 Å². The van der Waals surface area contributed by atoms with Gasteiger partial charge in [-0.1, -0.05) is 15.9 Å². The number of aryl methyl sites for hydroxylation is 1. The Kier molecular flexibility index (Phi) is 4.78. The zero-order chi connectivity index (χ0) is 20.2. The molecule has 3 aromatic rings. The largest absolute Gasteiger partial charge is 0.347 e. The third-order valence-corrected chi connectivity index (χ3v) is 8.36. The Labute approximate surface area is 184 Å². The Morgan fingerprint density at radius 2 is 1.86 bits per heavy atom. The first-order valence-electron chi connectivity index (χ1n) is 10.4. The van der Waals surface area contributed by atoms with Crippen molar-refractivity contribution >= 4 is 44.1 Å². The molecule has 0 atom stereocenters. The van der Waals surface area contributed by atoms with E-state index in [2.05, 4.69) is 40.3 Å². The molecule has 150 valence electrons. The molecule has 0 saturated heterocycles. The van der Waals surface area contributed by atoms with Crippen LogP contribution in [0.4, 0.5) is 0 Å². The second kappa shape index (κ2) is 7.21. The predicted molar refractivity (Wildman–Crippen MR) is 124 cm³/mol. The highest BCUT2D eigenvalue weighted by atomic mass is 79.9. The summed E-state index contributed by atoms with van der Waals surface area (Å²) >= 11 is 5.31. The van der Waals surface area contributed by atoms with Crippen molar-refractivity contribution in [2.45, 2.75) is 57.9 Å². The van der Waals surface area contributed by atoms with Crippen LogP contribution in [-0.4, -0.2) is 16.4 Å². The van der Waals surface area contributed by atoms with E-state index in [9.17, 15) is 4.79 Å². The van der Waals surface area contributed by atoms with Crippen LogP contribution in [0.1, 0.15) is 59.3 Å². The van der Waals surface area contributed by atoms with Gasteiger partial charge in [0.15, 0.2) is 0 Å². The van der Waals surface area contributed by atoms with Crippen LogP contribution in [0, 0.1) is 19.8 Å². The summed E-state index contributed by atoms with van der Waals surface area (Å²) in [4.78, 5) is 21.0. The van der Waals surface area contributed by atoms with Gasteiger partial charge in [-0.25, -0.2) is 4.98 Å². The Balaban J connectivity index is 1.63. The SMILES string of the molecule is Cc1ccc(-c2nc3ccc(Br)cc3c(C(=O)NC34CCC(CC3)CC4)c2C)s1. The molecule has 1 N–H and O–H groups in total. The quantitative estimate of drug-likeness (QED) is 0.459. The summed E-state index contributed by atoms with van der Waals surface area (Å²) in [5.74, 6) is 0.935. The molecule has 3 saturated carbocycles. The van der Waals surface area contributed by atoms with Crippen LogP contribution in [-0.2, 0) is 0 Å². The summed E-state index contributed by atoms with van der Waals surface area (Å²) in [5, 5.41) is 4.42. The number of carbonyl (C=O) groups is 1. The summed E-state index contributed by atoms with van der Waals surface area (Å²) < 4.78 is 0.969. The molecular formula is C24H25BrN2OS. The molecule has 0 radical (unpaired) electrons. The molecule has 3 aliphatic carbocycles. The first-order valence-corrected chi connectivity index (χ1v) is 12.0. The molecule has 0 aliphatic heterocycles. The maximum Gasteiger partial charge on any atom is 0.252 e. The van der Waals surface area contributed by atoms with E-state index in [-0.39, 0.29) is 11.4 Å². The lowest BCUT2D eigenvalue weighted by atomic mass is 9.65. The number of amides is 1. The molecule has 2 aromatic heterocycles. The van der Waals surface area contributed by atoms with Crippen LogP contribution in [0.15, 0.2) is 34.8 Å². The van der Waals surface area contributed by atoms with Gasteiger partial charge in [-0.15, -0.1) is 11.3 Å². The third-order valence-electron chi connectivity index (χ3n) is 6.86. The number of hydrogen-bond acceptors (Lipinski definition) is 3. The van der Waals surface area contributed by atoms with Crippen molar-refractivity contribution < 1.29 is 4.79 Å². The summed E-state index contributed by atoms with van der Waals surface area (Å²) in [6.45, 7) is 4.15. The molecule has 2 bridgehead atoms. The third kappa shape index (κ3) is 3.42. The molecule has 1 aromatic carbocycles. The molecule has 29 heavy (non-hydrogen) atoms. The van der Waals surface area contributed by atoms with Gasteiger partial charge >= 0.3 is 0 Å². The fraction of sp³-hybridized carbons (Fsp3) is 0.417. The molecule has 5 heteroatoms. The van der Waals surface area contributed by atoms with Gasteiger partial charge in [-0.3, -0.25) is 4.79 Å². The fourth-order valence-electron chi connectivity index (χ4n) is 5.17. The number of rotatable bonds is 3. The number of nitrogens with zero attached hydrogens (tertiary/aromatic N) is 1. The summed E-state index contributed by atoms with van der Waals surface area (Å²) in [5.41, 5.74) is 3.53. The second-order valence-corrected chi connectivity index (χ2v) is 11.0. The molecule has 0 spiro atoms. The first-order chi connectivity index (χ1) is 13.9. The Morgan fingerprint density at radius 3 is 2.52 bits per heavy atom. The molecule has 6 rings (SSSR count). The second-order valence-electron chi connectivity index (χ2n) is 8.75. The summed E-state index contributed by atoms with van der Waals surface area (Å²) in [6, 6.07) is 10.3. The van der Waals surface area contributed by atoms with Crippen molar-refractivity contribution in [2.24, 2.45) is 5.92 Å². The normalized spacial score (nSPS) is 23.5. The van der Waals surface area contributed by atoms with Gasteiger partial charge in [0.1, 0.15) is 0 Å². The highest BCUT2D eigenvalue weighted by Crippen LogP contribution is 2.44. The minimum atomic E-state index is -0.0143. The predicted octanol–water partition coefficient (Wildman–Crippen LogP) is 6.80. The Hall–Kier alpha value is -1.72. The maximum absolute atomic E-state index is 13.7. The number of hydrogen-bond donors (Lipinski definition) is 1. The van der Waals surface area contributed by atoms with Crippen molar-refractivity contribution in [2.75, 3.05) is 0 Å². The van der Waals surface area contributed by atoms with Crippen molar-refractivity contribution in [1.29, 1.82) is 0 Å². The van der Waals surface area contributed by atoms with E-state index in [1.165, 1.54) is 24.1 Å². The Morgan fingerprint density at radius 1 is 1.14 bits per heavy atom. The summed E-state index contributed by atoms with van der Waals surface area (Å²) in [6.07, 6.45) is 7.11. The highest BCUT2D eigenvalue weighted by molar-refractivity contribution is 9.10. The number of halogens is 1. The average Bonchev–Trinajstić information content (AvgIpc) is 3.14. The molecule has 1 amide bonds. The number of nitrogens with one attached hydrogen (secondary N) is 1. The van der Waals surface area contributed by atoms with Crippen LogP contribution >= 0.6 is 27.3 Å². The van der Waals surface area contributed by atoms with Gasteiger partial charge in [-0.2, -0.15) is 0 Å². The minimum absolute atomic E-state index is 0.0143. The molecular weight excluding hydrogens is 444 g/mol. The van der Waals surface area contributed by atoms with Gasteiger partial charge in [0.2, 0.25) is 0 Å². The highest BCUT2D eigenvalue weighted by Gasteiger charge is 2.41. The molecule has 3 fully saturated rings. The van der Waals surface area contributed by atoms with E-state index < -0.39 is 0 Å². The van der Waals surface area contributed by atoms with Crippen LogP contribution in [0.25, 0.3) is 21.5 Å². The molecule has 2 heterocycles. The van der Waals surface area contributed by atoms with E-state index >= 15 is 0 Å². The first kappa shape index (κ1) is 19.3. The van der Waals surface area contributed by atoms with E-state index in [1.54, 1.807) is 11.3 Å². The van der Waals surface area contributed by atoms with Crippen molar-refractivity contribution in [3.63, 3.8) is 0 Å². The Bertz CT molecular complexity index is 1100. The topological polar surface area (TPSA) is 42.0 Å². The van der Waals surface area contributed by atoms with Gasteiger partial charge in [-0.05, 0) is 94.2 Å². The van der Waals surface area contributed by atoms with E-state index in [4.69, 9.17) is 4.98 Å². The smallest absolute Gasteiger partial charge is 0.252 e. The maximum atomic E-state index is 13.7. The zero-order valence-corrected chi connectivity index (χ0v) is 19.3. The standard InChI is InChI=1S/C24H25BrN2OS/c1-14-3-6-20(29-14)22-15(2)21(18-13-17(25)4-5-19(18)26-22)23(28)27-24-10-7-16(8-11-24)9-12-24/h3-6,13,16H,7-12H2,1-2H3,(H,27,28). The van der Waals surface area contributed by atoms with Crippen LogP contribution in [0.2, 0.25) is 0 Å². The number of aromatic nitrogens is 1. The van der Waals surface area contributed by atoms with Crippen molar-refractivity contribution in [3.8, 4) is 10.6 Å². The van der Waals surface area contributed by atoms with Crippen molar-refractivity contribution in [1.82, 2.24) is 10.3 Å². The van der Waals surface area contributed by atoms with Crippen LogP contribution in [0.5, 0.6) is 0 Å².